The molecule has 3 aromatic rings. The predicted octanol–water partition coefficient (Wildman–Crippen LogP) is 4.60. The van der Waals surface area contributed by atoms with Gasteiger partial charge >= 0.3 is 0 Å². The molecule has 1 amide bonds. The van der Waals surface area contributed by atoms with Gasteiger partial charge in [0, 0.05) is 29.2 Å². The number of nitrogens with zero attached hydrogens (tertiary/aromatic N) is 3. The summed E-state index contributed by atoms with van der Waals surface area (Å²) in [5, 5.41) is 14.0. The Balaban J connectivity index is 1.84. The number of ether oxygens (including phenoxy) is 1. The monoisotopic (exact) mass is 408 g/mol. The van der Waals surface area contributed by atoms with Gasteiger partial charge in [0.15, 0.2) is 0 Å². The molecule has 1 unspecified atom stereocenters. The van der Waals surface area contributed by atoms with Gasteiger partial charge in [-0.1, -0.05) is 24.2 Å². The smallest absolute Gasteiger partial charge is 0.268 e. The van der Waals surface area contributed by atoms with Crippen molar-refractivity contribution in [1.82, 2.24) is 14.9 Å². The molecule has 0 bridgehead atoms. The van der Waals surface area contributed by atoms with Gasteiger partial charge in [-0.05, 0) is 43.7 Å². The third-order valence-corrected chi connectivity index (χ3v) is 4.93. The number of nitriles is 1. The highest BCUT2D eigenvalue weighted by atomic mass is 35.5. The first kappa shape index (κ1) is 20.4. The van der Waals surface area contributed by atoms with Crippen LogP contribution in [0.5, 0.6) is 0 Å². The molecule has 1 atom stereocenters. The molecule has 1 N–H and O–H groups in total. The first-order chi connectivity index (χ1) is 13.8. The Morgan fingerprint density at radius 3 is 2.86 bits per heavy atom. The number of aryl methyl sites for hydroxylation is 1. The summed E-state index contributed by atoms with van der Waals surface area (Å²) >= 11 is 6.06. The van der Waals surface area contributed by atoms with Crippen molar-refractivity contribution in [2.24, 2.45) is 7.05 Å². The summed E-state index contributed by atoms with van der Waals surface area (Å²) in [6, 6.07) is 10.8. The Morgan fingerprint density at radius 2 is 2.17 bits per heavy atom. The molecule has 7 heteroatoms. The number of carbonyl (C=O) groups excluding carboxylic acids is 1. The van der Waals surface area contributed by atoms with Crippen molar-refractivity contribution in [1.29, 1.82) is 5.26 Å². The van der Waals surface area contributed by atoms with Gasteiger partial charge in [-0.3, -0.25) is 9.78 Å². The standard InChI is InChI=1S/C22H21ClN4O2/c1-5-29-14(3)21-16(11-24)8-17(12-25-21)13(2)26-22(28)20-9-15-6-7-18(23)10-19(15)27(20)4/h6-10,12-13H,3,5H2,1-2,4H3,(H,26,28). The fourth-order valence-electron chi connectivity index (χ4n) is 3.14. The first-order valence-corrected chi connectivity index (χ1v) is 9.51. The highest BCUT2D eigenvalue weighted by Gasteiger charge is 2.18. The Bertz CT molecular complexity index is 1140. The molecule has 0 aliphatic heterocycles. The quantitative estimate of drug-likeness (QED) is 0.604. The molecule has 0 spiro atoms. The van der Waals surface area contributed by atoms with Crippen LogP contribution in [0.15, 0.2) is 43.1 Å². The number of aromatic nitrogens is 2. The van der Waals surface area contributed by atoms with E-state index in [-0.39, 0.29) is 11.9 Å². The van der Waals surface area contributed by atoms with Crippen LogP contribution in [-0.2, 0) is 11.8 Å². The van der Waals surface area contributed by atoms with E-state index < -0.39 is 0 Å². The third-order valence-electron chi connectivity index (χ3n) is 4.70. The molecular weight excluding hydrogens is 388 g/mol. The minimum atomic E-state index is -0.349. The number of benzene rings is 1. The van der Waals surface area contributed by atoms with E-state index in [1.807, 2.05) is 39.1 Å². The second-order valence-electron chi connectivity index (χ2n) is 6.62. The lowest BCUT2D eigenvalue weighted by atomic mass is 10.1. The highest BCUT2D eigenvalue weighted by Crippen LogP contribution is 2.24. The van der Waals surface area contributed by atoms with Crippen LogP contribution in [0, 0.1) is 11.3 Å². The third kappa shape index (κ3) is 4.10. The normalized spacial score (nSPS) is 11.7. The van der Waals surface area contributed by atoms with Gasteiger partial charge in [-0.2, -0.15) is 5.26 Å². The van der Waals surface area contributed by atoms with E-state index in [0.29, 0.717) is 39.9 Å². The van der Waals surface area contributed by atoms with Gasteiger partial charge in [0.1, 0.15) is 23.2 Å². The largest absolute Gasteiger partial charge is 0.492 e. The molecule has 0 aliphatic rings. The molecule has 0 saturated heterocycles. The van der Waals surface area contributed by atoms with E-state index >= 15 is 0 Å². The summed E-state index contributed by atoms with van der Waals surface area (Å²) in [6.07, 6.45) is 1.62. The number of halogens is 1. The second kappa shape index (κ2) is 8.38. The van der Waals surface area contributed by atoms with Crippen LogP contribution in [0.25, 0.3) is 16.7 Å². The lowest BCUT2D eigenvalue weighted by Crippen LogP contribution is -2.28. The van der Waals surface area contributed by atoms with Crippen molar-refractivity contribution in [2.45, 2.75) is 19.9 Å². The Kier molecular flexibility index (Phi) is 5.90. The maximum Gasteiger partial charge on any atom is 0.268 e. The Hall–Kier alpha value is -3.30. The molecule has 0 fully saturated rings. The van der Waals surface area contributed by atoms with E-state index in [9.17, 15) is 10.1 Å². The van der Waals surface area contributed by atoms with Crippen molar-refractivity contribution in [3.8, 4) is 6.07 Å². The van der Waals surface area contributed by atoms with E-state index in [0.717, 1.165) is 10.9 Å². The fraction of sp³-hybridized carbons (Fsp3) is 0.227. The number of amides is 1. The van der Waals surface area contributed by atoms with E-state index in [2.05, 4.69) is 22.9 Å². The van der Waals surface area contributed by atoms with E-state index in [1.165, 1.54) is 0 Å². The summed E-state index contributed by atoms with van der Waals surface area (Å²) in [5.74, 6) is 0.120. The zero-order valence-electron chi connectivity index (χ0n) is 16.5. The second-order valence-corrected chi connectivity index (χ2v) is 7.06. The molecule has 2 aromatic heterocycles. The van der Waals surface area contributed by atoms with E-state index in [4.69, 9.17) is 16.3 Å². The maximum atomic E-state index is 12.8. The van der Waals surface area contributed by atoms with Crippen LogP contribution >= 0.6 is 11.6 Å². The number of hydrogen-bond donors (Lipinski definition) is 1. The molecule has 29 heavy (non-hydrogen) atoms. The van der Waals surface area contributed by atoms with Crippen LogP contribution in [0.3, 0.4) is 0 Å². The molecule has 0 radical (unpaired) electrons. The summed E-state index contributed by atoms with van der Waals surface area (Å²) in [7, 11) is 1.82. The lowest BCUT2D eigenvalue weighted by Gasteiger charge is -2.16. The summed E-state index contributed by atoms with van der Waals surface area (Å²) < 4.78 is 7.16. The van der Waals surface area contributed by atoms with Crippen molar-refractivity contribution in [2.75, 3.05) is 6.61 Å². The minimum absolute atomic E-state index is 0.228. The van der Waals surface area contributed by atoms with Gasteiger partial charge in [0.25, 0.3) is 5.91 Å². The van der Waals surface area contributed by atoms with Crippen molar-refractivity contribution in [3.05, 3.63) is 70.6 Å². The summed E-state index contributed by atoms with van der Waals surface area (Å²) in [4.78, 5) is 17.1. The number of carbonyl (C=O) groups is 1. The predicted molar refractivity (Wildman–Crippen MR) is 113 cm³/mol. The molecule has 6 nitrogen and oxygen atoms in total. The average Bonchev–Trinajstić information content (AvgIpc) is 3.03. The zero-order chi connectivity index (χ0) is 21.1. The summed E-state index contributed by atoms with van der Waals surface area (Å²) in [6.45, 7) is 7.92. The maximum absolute atomic E-state index is 12.8. The number of fused-ring (bicyclic) bond motifs is 1. The fourth-order valence-corrected chi connectivity index (χ4v) is 3.31. The zero-order valence-corrected chi connectivity index (χ0v) is 17.2. The molecule has 0 aliphatic carbocycles. The Labute approximate surface area is 174 Å². The number of rotatable bonds is 6. The van der Waals surface area contributed by atoms with Crippen molar-refractivity contribution < 1.29 is 9.53 Å². The molecule has 1 aromatic carbocycles. The molecule has 2 heterocycles. The minimum Gasteiger partial charge on any atom is -0.492 e. The van der Waals surface area contributed by atoms with Crippen LogP contribution in [0.2, 0.25) is 5.02 Å². The van der Waals surface area contributed by atoms with Gasteiger partial charge < -0.3 is 14.6 Å². The SMILES string of the molecule is C=C(OCC)c1ncc(C(C)NC(=O)c2cc3ccc(Cl)cc3n2C)cc1C#N. The highest BCUT2D eigenvalue weighted by molar-refractivity contribution is 6.31. The van der Waals surface area contributed by atoms with Crippen LogP contribution in [0.1, 0.15) is 47.2 Å². The molecule has 3 rings (SSSR count). The molecule has 148 valence electrons. The first-order valence-electron chi connectivity index (χ1n) is 9.13. The van der Waals surface area contributed by atoms with Crippen molar-refractivity contribution in [3.63, 3.8) is 0 Å². The van der Waals surface area contributed by atoms with Gasteiger partial charge in [-0.15, -0.1) is 0 Å². The summed E-state index contributed by atoms with van der Waals surface area (Å²) in [5.41, 5.74) is 2.86. The Morgan fingerprint density at radius 1 is 1.41 bits per heavy atom. The van der Waals surface area contributed by atoms with Gasteiger partial charge in [0.2, 0.25) is 0 Å². The lowest BCUT2D eigenvalue weighted by molar-refractivity contribution is 0.0932. The number of nitrogens with one attached hydrogen (secondary N) is 1. The van der Waals surface area contributed by atoms with Gasteiger partial charge in [-0.25, -0.2) is 0 Å². The average molecular weight is 409 g/mol. The molecular formula is C22H21ClN4O2. The topological polar surface area (TPSA) is 79.9 Å². The molecule has 0 saturated carbocycles. The van der Waals surface area contributed by atoms with Crippen LogP contribution in [-0.4, -0.2) is 22.1 Å². The van der Waals surface area contributed by atoms with Crippen LogP contribution in [0.4, 0.5) is 0 Å². The van der Waals surface area contributed by atoms with Crippen LogP contribution < -0.4 is 5.32 Å². The van der Waals surface area contributed by atoms with Gasteiger partial charge in [0.05, 0.1) is 18.2 Å². The van der Waals surface area contributed by atoms with E-state index in [1.54, 1.807) is 22.9 Å². The number of pyridine rings is 1. The number of hydrogen-bond acceptors (Lipinski definition) is 4. The van der Waals surface area contributed by atoms with Crippen molar-refractivity contribution >= 4 is 34.2 Å².